The number of anilines is 1. The zero-order chi connectivity index (χ0) is 23.1. The van der Waals surface area contributed by atoms with Crippen LogP contribution in [-0.4, -0.2) is 41.0 Å². The molecule has 2 saturated heterocycles. The average Bonchev–Trinajstić information content (AvgIpc) is 3.07. The van der Waals surface area contributed by atoms with Gasteiger partial charge in [0, 0.05) is 43.0 Å². The Morgan fingerprint density at radius 1 is 1.12 bits per heavy atom. The van der Waals surface area contributed by atoms with Crippen molar-refractivity contribution in [2.24, 2.45) is 0 Å². The minimum absolute atomic E-state index is 0.110. The highest BCUT2D eigenvalue weighted by Crippen LogP contribution is 2.33. The van der Waals surface area contributed by atoms with Crippen LogP contribution in [-0.2, 0) is 11.2 Å². The molecule has 0 spiro atoms. The quantitative estimate of drug-likeness (QED) is 0.666. The average molecular weight is 445 g/mol. The van der Waals surface area contributed by atoms with Gasteiger partial charge in [-0.3, -0.25) is 9.59 Å². The Kier molecular flexibility index (Phi) is 5.37. The number of aryl methyl sites for hydroxylation is 2. The van der Waals surface area contributed by atoms with Crippen molar-refractivity contribution in [2.75, 3.05) is 18.0 Å². The number of piperazine rings is 1. The largest absolute Gasteiger partial charge is 0.367 e. The molecule has 3 aromatic rings. The zero-order valence-electron chi connectivity index (χ0n) is 18.5. The number of hydrogen-bond acceptors (Lipinski definition) is 4. The lowest BCUT2D eigenvalue weighted by atomic mass is 10.0. The highest BCUT2D eigenvalue weighted by Gasteiger charge is 2.42. The molecule has 1 amide bonds. The number of halogens is 1. The summed E-state index contributed by atoms with van der Waals surface area (Å²) in [5, 5.41) is 10.1. The first-order valence-electron chi connectivity index (χ1n) is 11.3. The number of aromatic nitrogens is 1. The molecule has 2 aliphatic heterocycles. The third kappa shape index (κ3) is 3.97. The molecule has 1 N–H and O–H groups in total. The van der Waals surface area contributed by atoms with E-state index in [0.717, 1.165) is 37.0 Å². The number of carbonyl (C=O) groups excluding carboxylic acids is 1. The van der Waals surface area contributed by atoms with Gasteiger partial charge in [0.15, 0.2) is 0 Å². The van der Waals surface area contributed by atoms with Gasteiger partial charge in [-0.1, -0.05) is 0 Å². The van der Waals surface area contributed by atoms with Crippen molar-refractivity contribution in [3.8, 4) is 6.07 Å². The smallest absolute Gasteiger partial charge is 0.256 e. The summed E-state index contributed by atoms with van der Waals surface area (Å²) in [5.41, 5.74) is 2.80. The molecule has 0 aliphatic carbocycles. The molecule has 2 fully saturated rings. The van der Waals surface area contributed by atoms with Gasteiger partial charge in [0.25, 0.3) is 5.56 Å². The summed E-state index contributed by atoms with van der Waals surface area (Å²) >= 11 is 0. The Morgan fingerprint density at radius 2 is 1.82 bits per heavy atom. The number of rotatable bonds is 4. The van der Waals surface area contributed by atoms with E-state index in [2.05, 4.69) is 16.0 Å². The molecule has 2 bridgehead atoms. The fourth-order valence-corrected chi connectivity index (χ4v) is 5.33. The SMILES string of the molecule is Cc1cc(F)cc2c(=O)[nH]c(CCC(=O)N3C4CCC3CN(c3ccc(C#N)cc3)C4)cc12. The second kappa shape index (κ2) is 8.36. The van der Waals surface area contributed by atoms with Gasteiger partial charge >= 0.3 is 0 Å². The van der Waals surface area contributed by atoms with E-state index in [1.165, 1.54) is 12.1 Å². The number of fused-ring (bicyclic) bond motifs is 3. The number of aromatic amines is 1. The topological polar surface area (TPSA) is 80.2 Å². The van der Waals surface area contributed by atoms with Crippen LogP contribution in [0.1, 0.15) is 36.1 Å². The van der Waals surface area contributed by atoms with Gasteiger partial charge in [0.1, 0.15) is 5.82 Å². The molecule has 2 aromatic carbocycles. The molecule has 5 rings (SSSR count). The molecule has 168 valence electrons. The van der Waals surface area contributed by atoms with Crippen LogP contribution in [0.5, 0.6) is 0 Å². The molecular formula is C26H25FN4O2. The fraction of sp³-hybridized carbons (Fsp3) is 0.346. The van der Waals surface area contributed by atoms with E-state index in [1.54, 1.807) is 6.92 Å². The first-order chi connectivity index (χ1) is 15.9. The summed E-state index contributed by atoms with van der Waals surface area (Å²) in [6.07, 6.45) is 2.74. The number of amides is 1. The lowest BCUT2D eigenvalue weighted by Gasteiger charge is -2.42. The highest BCUT2D eigenvalue weighted by molar-refractivity contribution is 5.85. The van der Waals surface area contributed by atoms with Crippen molar-refractivity contribution in [1.82, 2.24) is 9.88 Å². The molecule has 2 atom stereocenters. The predicted molar refractivity (Wildman–Crippen MR) is 125 cm³/mol. The van der Waals surface area contributed by atoms with Gasteiger partial charge in [0.05, 0.1) is 17.0 Å². The molecular weight excluding hydrogens is 419 g/mol. The monoisotopic (exact) mass is 444 g/mol. The molecule has 33 heavy (non-hydrogen) atoms. The van der Waals surface area contributed by atoms with Gasteiger partial charge < -0.3 is 14.8 Å². The molecule has 0 saturated carbocycles. The van der Waals surface area contributed by atoms with Crippen molar-refractivity contribution in [3.63, 3.8) is 0 Å². The lowest BCUT2D eigenvalue weighted by Crippen LogP contribution is -2.56. The van der Waals surface area contributed by atoms with E-state index >= 15 is 0 Å². The number of carbonyl (C=O) groups is 1. The van der Waals surface area contributed by atoms with Gasteiger partial charge in [-0.05, 0) is 79.6 Å². The van der Waals surface area contributed by atoms with Crippen molar-refractivity contribution < 1.29 is 9.18 Å². The van der Waals surface area contributed by atoms with Crippen LogP contribution in [0.2, 0.25) is 0 Å². The van der Waals surface area contributed by atoms with E-state index < -0.39 is 5.82 Å². The normalized spacial score (nSPS) is 19.7. The van der Waals surface area contributed by atoms with E-state index in [1.807, 2.05) is 35.2 Å². The summed E-state index contributed by atoms with van der Waals surface area (Å²) < 4.78 is 13.7. The minimum atomic E-state index is -0.427. The van der Waals surface area contributed by atoms with Gasteiger partial charge in [0.2, 0.25) is 5.91 Å². The van der Waals surface area contributed by atoms with Gasteiger partial charge in [-0.15, -0.1) is 0 Å². The summed E-state index contributed by atoms with van der Waals surface area (Å²) in [6, 6.07) is 14.6. The summed E-state index contributed by atoms with van der Waals surface area (Å²) in [7, 11) is 0. The van der Waals surface area contributed by atoms with Crippen LogP contribution >= 0.6 is 0 Å². The Labute approximate surface area is 191 Å². The van der Waals surface area contributed by atoms with E-state index in [9.17, 15) is 14.0 Å². The summed E-state index contributed by atoms with van der Waals surface area (Å²) in [5.74, 6) is -0.317. The summed E-state index contributed by atoms with van der Waals surface area (Å²) in [6.45, 7) is 3.35. The maximum atomic E-state index is 13.7. The van der Waals surface area contributed by atoms with Crippen LogP contribution in [0.4, 0.5) is 10.1 Å². The lowest BCUT2D eigenvalue weighted by molar-refractivity contribution is -0.134. The first-order valence-corrected chi connectivity index (χ1v) is 11.3. The van der Waals surface area contributed by atoms with E-state index in [0.29, 0.717) is 35.0 Å². The Hall–Kier alpha value is -3.66. The number of nitrogens with zero attached hydrogens (tertiary/aromatic N) is 3. The Morgan fingerprint density at radius 3 is 2.48 bits per heavy atom. The van der Waals surface area contributed by atoms with Gasteiger partial charge in [-0.25, -0.2) is 4.39 Å². The predicted octanol–water partition coefficient (Wildman–Crippen LogP) is 3.66. The molecule has 7 heteroatoms. The van der Waals surface area contributed by atoms with Crippen LogP contribution in [0, 0.1) is 24.1 Å². The zero-order valence-corrected chi connectivity index (χ0v) is 18.5. The third-order valence-electron chi connectivity index (χ3n) is 6.93. The first kappa shape index (κ1) is 21.2. The maximum Gasteiger partial charge on any atom is 0.256 e. The highest BCUT2D eigenvalue weighted by atomic mass is 19.1. The van der Waals surface area contributed by atoms with Crippen molar-refractivity contribution >= 4 is 22.4 Å². The maximum absolute atomic E-state index is 13.7. The molecule has 1 aromatic heterocycles. The van der Waals surface area contributed by atoms with Crippen LogP contribution in [0.25, 0.3) is 10.8 Å². The minimum Gasteiger partial charge on any atom is -0.367 e. The second-order valence-electron chi connectivity index (χ2n) is 9.06. The van der Waals surface area contributed by atoms with Crippen molar-refractivity contribution in [2.45, 2.75) is 44.7 Å². The number of nitriles is 1. The van der Waals surface area contributed by atoms with E-state index in [4.69, 9.17) is 5.26 Å². The molecule has 0 radical (unpaired) electrons. The molecule has 2 aliphatic rings. The van der Waals surface area contributed by atoms with Gasteiger partial charge in [-0.2, -0.15) is 5.26 Å². The molecule has 3 heterocycles. The standard InChI is InChI=1S/C26H25FN4O2/c1-16-10-18(27)11-24-23(16)12-19(29-26(24)33)4-9-25(32)31-21-7-8-22(31)15-30(14-21)20-5-2-17(13-28)3-6-20/h2-3,5-6,10-12,21-22H,4,7-9,14-15H2,1H3,(H,29,33). The fourth-order valence-electron chi connectivity index (χ4n) is 5.33. The molecule has 2 unspecified atom stereocenters. The summed E-state index contributed by atoms with van der Waals surface area (Å²) in [4.78, 5) is 32.7. The van der Waals surface area contributed by atoms with Crippen LogP contribution in [0.15, 0.2) is 47.3 Å². The Bertz CT molecular complexity index is 1310. The number of hydrogen-bond donors (Lipinski definition) is 1. The van der Waals surface area contributed by atoms with Crippen LogP contribution in [0.3, 0.4) is 0 Å². The van der Waals surface area contributed by atoms with Crippen LogP contribution < -0.4 is 10.5 Å². The Balaban J connectivity index is 1.27. The van der Waals surface area contributed by atoms with Crippen molar-refractivity contribution in [3.05, 3.63) is 75.5 Å². The van der Waals surface area contributed by atoms with Crippen molar-refractivity contribution in [1.29, 1.82) is 5.26 Å². The number of benzene rings is 2. The second-order valence-corrected chi connectivity index (χ2v) is 9.06. The van der Waals surface area contributed by atoms with E-state index in [-0.39, 0.29) is 23.6 Å². The third-order valence-corrected chi connectivity index (χ3v) is 6.93. The number of pyridine rings is 1. The number of nitrogens with one attached hydrogen (secondary N) is 1. The molecule has 6 nitrogen and oxygen atoms in total. The number of H-pyrrole nitrogens is 1.